The molecule has 122 valence electrons. The zero-order valence-corrected chi connectivity index (χ0v) is 15.1. The Morgan fingerprint density at radius 1 is 1.17 bits per heavy atom. The molecule has 1 aliphatic heterocycles. The lowest BCUT2D eigenvalue weighted by atomic mass is 9.63. The third kappa shape index (κ3) is 2.26. The van der Waals surface area contributed by atoms with E-state index in [-0.39, 0.29) is 12.2 Å². The molecule has 3 nitrogen and oxygen atoms in total. The highest BCUT2D eigenvalue weighted by Crippen LogP contribution is 2.55. The number of ether oxygens (including phenoxy) is 2. The fraction of sp³-hybridized carbons (Fsp3) is 0.526. The number of allylic oxidation sites excluding steroid dienone is 1. The van der Waals surface area contributed by atoms with Crippen LogP contribution in [-0.2, 0) is 20.7 Å². The fourth-order valence-corrected chi connectivity index (χ4v) is 4.82. The van der Waals surface area contributed by atoms with E-state index in [4.69, 9.17) is 9.47 Å². The second-order valence-corrected chi connectivity index (χ2v) is 7.92. The number of aryl methyl sites for hydroxylation is 1. The van der Waals surface area contributed by atoms with E-state index in [1.54, 1.807) is 0 Å². The van der Waals surface area contributed by atoms with Crippen molar-refractivity contribution in [2.24, 2.45) is 5.41 Å². The molecule has 1 aromatic carbocycles. The van der Waals surface area contributed by atoms with Crippen LogP contribution < -0.4 is 0 Å². The number of rotatable bonds is 1. The van der Waals surface area contributed by atoms with Crippen LogP contribution in [0.15, 0.2) is 28.7 Å². The summed E-state index contributed by atoms with van der Waals surface area (Å²) < 4.78 is 13.4. The van der Waals surface area contributed by atoms with Gasteiger partial charge in [0.1, 0.15) is 6.29 Å². The lowest BCUT2D eigenvalue weighted by Gasteiger charge is -2.44. The minimum absolute atomic E-state index is 0.0675. The Bertz CT molecular complexity index is 686. The topological polar surface area (TPSA) is 35.5 Å². The van der Waals surface area contributed by atoms with Gasteiger partial charge in [-0.2, -0.15) is 0 Å². The molecule has 0 amide bonds. The summed E-state index contributed by atoms with van der Waals surface area (Å²) in [6, 6.07) is 6.25. The zero-order chi connectivity index (χ0) is 16.2. The molecule has 3 atom stereocenters. The number of aldehydes is 1. The van der Waals surface area contributed by atoms with Crippen LogP contribution in [-0.4, -0.2) is 24.3 Å². The number of benzene rings is 1. The van der Waals surface area contributed by atoms with Crippen LogP contribution >= 0.6 is 15.9 Å². The number of hydrogen-bond acceptors (Lipinski definition) is 3. The van der Waals surface area contributed by atoms with Gasteiger partial charge < -0.3 is 14.3 Å². The molecule has 2 aliphatic carbocycles. The van der Waals surface area contributed by atoms with E-state index in [1.165, 1.54) is 5.56 Å². The van der Waals surface area contributed by atoms with Gasteiger partial charge in [-0.05, 0) is 62.0 Å². The first-order valence-electron chi connectivity index (χ1n) is 8.32. The highest BCUT2D eigenvalue weighted by molar-refractivity contribution is 9.10. The molecule has 1 fully saturated rings. The molecule has 0 aromatic heterocycles. The summed E-state index contributed by atoms with van der Waals surface area (Å²) in [7, 11) is 0. The van der Waals surface area contributed by atoms with Gasteiger partial charge >= 0.3 is 0 Å². The summed E-state index contributed by atoms with van der Waals surface area (Å²) in [5.74, 6) is -0.676. The van der Waals surface area contributed by atoms with Crippen molar-refractivity contribution in [3.63, 3.8) is 0 Å². The first-order valence-corrected chi connectivity index (χ1v) is 9.11. The Labute approximate surface area is 145 Å². The molecule has 0 saturated carbocycles. The van der Waals surface area contributed by atoms with Crippen molar-refractivity contribution < 1.29 is 14.3 Å². The molecule has 0 bridgehead atoms. The van der Waals surface area contributed by atoms with Crippen molar-refractivity contribution in [1.29, 1.82) is 0 Å². The van der Waals surface area contributed by atoms with Crippen LogP contribution in [0.5, 0.6) is 0 Å². The highest BCUT2D eigenvalue weighted by atomic mass is 79.9. The van der Waals surface area contributed by atoms with E-state index >= 15 is 0 Å². The zero-order valence-electron chi connectivity index (χ0n) is 13.5. The maximum atomic E-state index is 12.0. The Morgan fingerprint density at radius 2 is 1.91 bits per heavy atom. The Balaban J connectivity index is 1.89. The first kappa shape index (κ1) is 15.6. The molecule has 0 N–H and O–H groups in total. The monoisotopic (exact) mass is 376 g/mol. The molecule has 3 unspecified atom stereocenters. The van der Waals surface area contributed by atoms with Crippen molar-refractivity contribution in [3.05, 3.63) is 39.9 Å². The van der Waals surface area contributed by atoms with Gasteiger partial charge in [-0.1, -0.05) is 28.1 Å². The van der Waals surface area contributed by atoms with Gasteiger partial charge in [0.2, 0.25) is 0 Å². The van der Waals surface area contributed by atoms with Crippen LogP contribution in [0, 0.1) is 5.41 Å². The summed E-state index contributed by atoms with van der Waals surface area (Å²) in [5.41, 5.74) is 3.13. The molecule has 23 heavy (non-hydrogen) atoms. The van der Waals surface area contributed by atoms with Crippen LogP contribution in [0.3, 0.4) is 0 Å². The smallest absolute Gasteiger partial charge is 0.189 e. The van der Waals surface area contributed by atoms with Crippen LogP contribution in [0.4, 0.5) is 0 Å². The Kier molecular flexibility index (Phi) is 3.56. The summed E-state index contributed by atoms with van der Waals surface area (Å²) >= 11 is 3.68. The largest absolute Gasteiger partial charge is 0.341 e. The lowest BCUT2D eigenvalue weighted by Crippen LogP contribution is -2.41. The van der Waals surface area contributed by atoms with Crippen LogP contribution in [0.25, 0.3) is 5.57 Å². The van der Waals surface area contributed by atoms with E-state index < -0.39 is 11.2 Å². The molecule has 1 aromatic rings. The standard InChI is InChI=1S/C19H21BrO3/c1-12-13(2)23-19(22-12)9-8-18(11-21)7-6-14-4-3-5-16(20)17(14)15(18)10-19/h3-5,10-13H,6-9H2,1-2H3. The van der Waals surface area contributed by atoms with Crippen molar-refractivity contribution in [2.45, 2.75) is 57.5 Å². The van der Waals surface area contributed by atoms with Gasteiger partial charge in [-0.3, -0.25) is 0 Å². The van der Waals surface area contributed by atoms with Gasteiger partial charge in [0.05, 0.1) is 17.6 Å². The average Bonchev–Trinajstić information content (AvgIpc) is 2.81. The molecule has 1 spiro atoms. The molecule has 3 aliphatic rings. The molecule has 1 saturated heterocycles. The minimum Gasteiger partial charge on any atom is -0.341 e. The van der Waals surface area contributed by atoms with Crippen molar-refractivity contribution in [3.8, 4) is 0 Å². The lowest BCUT2D eigenvalue weighted by molar-refractivity contribution is -0.148. The third-order valence-corrected chi connectivity index (χ3v) is 6.35. The maximum Gasteiger partial charge on any atom is 0.189 e. The van der Waals surface area contributed by atoms with Gasteiger partial charge in [0, 0.05) is 10.9 Å². The van der Waals surface area contributed by atoms with Gasteiger partial charge in [-0.15, -0.1) is 0 Å². The first-order chi connectivity index (χ1) is 11.0. The molecule has 1 heterocycles. The number of fused-ring (bicyclic) bond motifs is 3. The van der Waals surface area contributed by atoms with Crippen LogP contribution in [0.1, 0.15) is 44.2 Å². The van der Waals surface area contributed by atoms with Gasteiger partial charge in [-0.25, -0.2) is 0 Å². The normalized spacial score (nSPS) is 38.8. The highest BCUT2D eigenvalue weighted by Gasteiger charge is 2.51. The average molecular weight is 377 g/mol. The van der Waals surface area contributed by atoms with E-state index in [1.807, 2.05) is 19.9 Å². The Hall–Kier alpha value is -0.970. The Morgan fingerprint density at radius 3 is 2.61 bits per heavy atom. The summed E-state index contributed by atoms with van der Waals surface area (Å²) in [5, 5.41) is 0. The van der Waals surface area contributed by atoms with Gasteiger partial charge in [0.25, 0.3) is 0 Å². The quantitative estimate of drug-likeness (QED) is 0.686. The van der Waals surface area contributed by atoms with Crippen molar-refractivity contribution in [2.75, 3.05) is 0 Å². The molecule has 4 rings (SSSR count). The van der Waals surface area contributed by atoms with E-state index in [2.05, 4.69) is 34.1 Å². The molecular weight excluding hydrogens is 356 g/mol. The van der Waals surface area contributed by atoms with Crippen molar-refractivity contribution in [1.82, 2.24) is 0 Å². The minimum atomic E-state index is -0.676. The summed E-state index contributed by atoms with van der Waals surface area (Å²) in [6.07, 6.45) is 6.70. The fourth-order valence-electron chi connectivity index (χ4n) is 4.20. The van der Waals surface area contributed by atoms with E-state index in [9.17, 15) is 4.79 Å². The number of halogens is 1. The maximum absolute atomic E-state index is 12.0. The number of carbonyl (C=O) groups is 1. The predicted octanol–water partition coefficient (Wildman–Crippen LogP) is 4.28. The van der Waals surface area contributed by atoms with Gasteiger partial charge in [0.15, 0.2) is 5.79 Å². The summed E-state index contributed by atoms with van der Waals surface area (Å²) in [6.45, 7) is 4.09. The molecule has 0 radical (unpaired) electrons. The second kappa shape index (κ2) is 5.27. The van der Waals surface area contributed by atoms with E-state index in [0.29, 0.717) is 0 Å². The van der Waals surface area contributed by atoms with E-state index in [0.717, 1.165) is 47.6 Å². The third-order valence-electron chi connectivity index (χ3n) is 5.69. The second-order valence-electron chi connectivity index (χ2n) is 7.06. The van der Waals surface area contributed by atoms with Crippen molar-refractivity contribution >= 4 is 27.8 Å². The molecule has 4 heteroatoms. The summed E-state index contributed by atoms with van der Waals surface area (Å²) in [4.78, 5) is 12.0. The van der Waals surface area contributed by atoms with Crippen LogP contribution in [0.2, 0.25) is 0 Å². The molecular formula is C19H21BrO3. The SMILES string of the molecule is CC1OC2(C=C3c4c(Br)cccc4CCC3(C=O)CC2)OC1C. The number of hydrogen-bond donors (Lipinski definition) is 0. The predicted molar refractivity (Wildman–Crippen MR) is 92.0 cm³/mol. The number of carbonyl (C=O) groups excluding carboxylic acids is 1.